The number of amides is 2. The Morgan fingerprint density at radius 1 is 1.00 bits per heavy atom. The molecule has 2 aromatic rings. The van der Waals surface area contributed by atoms with Crippen LogP contribution in [0.3, 0.4) is 0 Å². The van der Waals surface area contributed by atoms with Gasteiger partial charge in [-0.3, -0.25) is 4.79 Å². The molecule has 2 amide bonds. The van der Waals surface area contributed by atoms with E-state index in [-0.39, 0.29) is 11.5 Å². The summed E-state index contributed by atoms with van der Waals surface area (Å²) < 4.78 is 30.9. The number of alkyl carbamates (subject to hydrolysis) is 1. The minimum Gasteiger partial charge on any atom is -0.445 e. The van der Waals surface area contributed by atoms with E-state index in [0.29, 0.717) is 0 Å². The lowest BCUT2D eigenvalue weighted by atomic mass is 10.2. The molecule has 132 valence electrons. The molecule has 0 aliphatic carbocycles. The number of carbonyl (C=O) groups excluding carboxylic acids is 2. The van der Waals surface area contributed by atoms with Crippen molar-refractivity contribution in [2.24, 2.45) is 0 Å². The molecule has 0 heterocycles. The van der Waals surface area contributed by atoms with Crippen LogP contribution in [0, 0.1) is 6.92 Å². The average Bonchev–Trinajstić information content (AvgIpc) is 2.59. The van der Waals surface area contributed by atoms with Crippen molar-refractivity contribution in [1.29, 1.82) is 0 Å². The van der Waals surface area contributed by atoms with Gasteiger partial charge in [0.05, 0.1) is 4.90 Å². The molecule has 0 radical (unpaired) electrons. The summed E-state index contributed by atoms with van der Waals surface area (Å²) in [7, 11) is -3.97. The minimum absolute atomic E-state index is 0.0295. The SMILES string of the molecule is Cc1ccc(S(=O)(=O)NC(=O)CNC(=O)OCc2ccccc2)cc1. The molecule has 0 bridgehead atoms. The van der Waals surface area contributed by atoms with Gasteiger partial charge in [0.25, 0.3) is 15.9 Å². The van der Waals surface area contributed by atoms with Crippen LogP contribution in [-0.4, -0.2) is 27.0 Å². The van der Waals surface area contributed by atoms with Crippen LogP contribution in [0.1, 0.15) is 11.1 Å². The highest BCUT2D eigenvalue weighted by atomic mass is 32.2. The molecule has 0 aliphatic heterocycles. The highest BCUT2D eigenvalue weighted by Gasteiger charge is 2.17. The van der Waals surface area contributed by atoms with Gasteiger partial charge in [-0.25, -0.2) is 17.9 Å². The number of ether oxygens (including phenoxy) is 1. The maximum atomic E-state index is 12.0. The third-order valence-corrected chi connectivity index (χ3v) is 4.57. The number of nitrogens with one attached hydrogen (secondary N) is 2. The predicted molar refractivity (Wildman–Crippen MR) is 91.1 cm³/mol. The summed E-state index contributed by atoms with van der Waals surface area (Å²) in [6, 6.07) is 15.1. The van der Waals surface area contributed by atoms with Crippen LogP contribution in [0.4, 0.5) is 4.79 Å². The monoisotopic (exact) mass is 362 g/mol. The van der Waals surface area contributed by atoms with Crippen LogP contribution in [0.25, 0.3) is 0 Å². The Bertz CT molecular complexity index is 833. The molecule has 7 nitrogen and oxygen atoms in total. The summed E-state index contributed by atoms with van der Waals surface area (Å²) in [6.45, 7) is 1.36. The van der Waals surface area contributed by atoms with Gasteiger partial charge >= 0.3 is 6.09 Å². The number of aryl methyl sites for hydroxylation is 1. The predicted octanol–water partition coefficient (Wildman–Crippen LogP) is 1.73. The van der Waals surface area contributed by atoms with E-state index in [0.717, 1.165) is 11.1 Å². The molecule has 0 saturated carbocycles. The van der Waals surface area contributed by atoms with Crippen LogP contribution in [-0.2, 0) is 26.2 Å². The van der Waals surface area contributed by atoms with E-state index in [1.807, 2.05) is 17.7 Å². The van der Waals surface area contributed by atoms with Crippen molar-refractivity contribution in [2.75, 3.05) is 6.54 Å². The molecule has 25 heavy (non-hydrogen) atoms. The standard InChI is InChI=1S/C17H18N2O5S/c1-13-7-9-15(10-8-13)25(22,23)19-16(20)11-18-17(21)24-12-14-5-3-2-4-6-14/h2-10H,11-12H2,1H3,(H,18,21)(H,19,20). The van der Waals surface area contributed by atoms with Crippen molar-refractivity contribution in [1.82, 2.24) is 10.0 Å². The molecule has 0 fully saturated rings. The molecule has 0 saturated heterocycles. The van der Waals surface area contributed by atoms with Crippen LogP contribution in [0.2, 0.25) is 0 Å². The van der Waals surface area contributed by atoms with Gasteiger partial charge in [0.15, 0.2) is 0 Å². The molecule has 0 atom stereocenters. The fourth-order valence-electron chi connectivity index (χ4n) is 1.89. The molecule has 8 heteroatoms. The third kappa shape index (κ3) is 5.92. The van der Waals surface area contributed by atoms with E-state index >= 15 is 0 Å². The highest BCUT2D eigenvalue weighted by Crippen LogP contribution is 2.09. The zero-order valence-electron chi connectivity index (χ0n) is 13.6. The van der Waals surface area contributed by atoms with E-state index in [4.69, 9.17) is 4.74 Å². The Morgan fingerprint density at radius 3 is 2.28 bits per heavy atom. The van der Waals surface area contributed by atoms with Crippen molar-refractivity contribution in [3.05, 3.63) is 65.7 Å². The highest BCUT2D eigenvalue weighted by molar-refractivity contribution is 7.90. The van der Waals surface area contributed by atoms with Crippen molar-refractivity contribution >= 4 is 22.0 Å². The van der Waals surface area contributed by atoms with E-state index in [9.17, 15) is 18.0 Å². The summed E-state index contributed by atoms with van der Waals surface area (Å²) in [4.78, 5) is 23.2. The lowest BCUT2D eigenvalue weighted by molar-refractivity contribution is -0.118. The molecule has 0 aliphatic rings. The van der Waals surface area contributed by atoms with Crippen molar-refractivity contribution in [3.8, 4) is 0 Å². The van der Waals surface area contributed by atoms with Gasteiger partial charge in [0.2, 0.25) is 0 Å². The van der Waals surface area contributed by atoms with Gasteiger partial charge in [0, 0.05) is 0 Å². The summed E-state index contributed by atoms with van der Waals surface area (Å²) in [5.74, 6) is -0.864. The summed E-state index contributed by atoms with van der Waals surface area (Å²) >= 11 is 0. The number of carbonyl (C=O) groups is 2. The van der Waals surface area contributed by atoms with Crippen molar-refractivity contribution in [2.45, 2.75) is 18.4 Å². The van der Waals surface area contributed by atoms with Gasteiger partial charge in [-0.2, -0.15) is 0 Å². The first-order valence-electron chi connectivity index (χ1n) is 7.44. The Balaban J connectivity index is 1.79. The zero-order valence-corrected chi connectivity index (χ0v) is 14.4. The summed E-state index contributed by atoms with van der Waals surface area (Å²) in [5, 5.41) is 2.20. The number of sulfonamides is 1. The molecule has 2 rings (SSSR count). The quantitative estimate of drug-likeness (QED) is 0.815. The molecule has 0 spiro atoms. The van der Waals surface area contributed by atoms with Gasteiger partial charge in [-0.15, -0.1) is 0 Å². The van der Waals surface area contributed by atoms with Gasteiger partial charge in [-0.1, -0.05) is 48.0 Å². The van der Waals surface area contributed by atoms with Gasteiger partial charge in [0.1, 0.15) is 13.2 Å². The molecule has 2 aromatic carbocycles. The summed E-state index contributed by atoms with van der Waals surface area (Å²) in [5.41, 5.74) is 1.69. The second-order valence-electron chi connectivity index (χ2n) is 5.26. The van der Waals surface area contributed by atoms with Gasteiger partial charge < -0.3 is 10.1 Å². The van der Waals surface area contributed by atoms with E-state index in [2.05, 4.69) is 5.32 Å². The summed E-state index contributed by atoms with van der Waals surface area (Å²) in [6.07, 6.45) is -0.813. The largest absolute Gasteiger partial charge is 0.445 e. The van der Waals surface area contributed by atoms with E-state index in [1.165, 1.54) is 12.1 Å². The van der Waals surface area contributed by atoms with Crippen LogP contribution < -0.4 is 10.0 Å². The maximum Gasteiger partial charge on any atom is 0.407 e. The first kappa shape index (κ1) is 18.5. The Morgan fingerprint density at radius 2 is 1.64 bits per heavy atom. The smallest absolute Gasteiger partial charge is 0.407 e. The minimum atomic E-state index is -3.97. The molecular weight excluding hydrogens is 344 g/mol. The van der Waals surface area contributed by atoms with Gasteiger partial charge in [-0.05, 0) is 24.6 Å². The second-order valence-corrected chi connectivity index (χ2v) is 6.94. The maximum absolute atomic E-state index is 12.0. The fourth-order valence-corrected chi connectivity index (χ4v) is 2.87. The first-order chi connectivity index (χ1) is 11.9. The van der Waals surface area contributed by atoms with Crippen molar-refractivity contribution in [3.63, 3.8) is 0 Å². The van der Waals surface area contributed by atoms with Crippen LogP contribution in [0.15, 0.2) is 59.5 Å². The van der Waals surface area contributed by atoms with Crippen LogP contribution in [0.5, 0.6) is 0 Å². The molecular formula is C17H18N2O5S. The van der Waals surface area contributed by atoms with Crippen molar-refractivity contribution < 1.29 is 22.7 Å². The topological polar surface area (TPSA) is 102 Å². The average molecular weight is 362 g/mol. The normalized spacial score (nSPS) is 10.8. The number of benzene rings is 2. The van der Waals surface area contributed by atoms with E-state index < -0.39 is 28.6 Å². The molecule has 0 aromatic heterocycles. The van der Waals surface area contributed by atoms with Crippen LogP contribution >= 0.6 is 0 Å². The molecule has 2 N–H and O–H groups in total. The number of hydrogen-bond donors (Lipinski definition) is 2. The first-order valence-corrected chi connectivity index (χ1v) is 8.92. The Labute approximate surface area is 146 Å². The lowest BCUT2D eigenvalue weighted by Gasteiger charge is -2.09. The number of rotatable bonds is 6. The number of hydrogen-bond acceptors (Lipinski definition) is 5. The Kier molecular flexibility index (Phi) is 6.13. The fraction of sp³-hybridized carbons (Fsp3) is 0.176. The lowest BCUT2D eigenvalue weighted by Crippen LogP contribution is -2.39. The molecule has 0 unspecified atom stereocenters. The Hall–Kier alpha value is -2.87. The van der Waals surface area contributed by atoms with E-state index in [1.54, 1.807) is 36.4 Å². The zero-order chi connectivity index (χ0) is 18.3. The third-order valence-electron chi connectivity index (χ3n) is 3.19. The second kappa shape index (κ2) is 8.29.